The highest BCUT2D eigenvalue weighted by Gasteiger charge is 2.49. The molecule has 2 unspecified atom stereocenters. The Hall–Kier alpha value is -4.21. The Morgan fingerprint density at radius 3 is 2.49 bits per heavy atom. The Morgan fingerprint density at radius 2 is 1.89 bits per heavy atom. The van der Waals surface area contributed by atoms with Gasteiger partial charge in [-0.2, -0.15) is 5.26 Å². The van der Waals surface area contributed by atoms with Crippen LogP contribution < -0.4 is 4.90 Å². The molecule has 1 amide bonds. The number of carbonyl (C=O) groups is 1. The molecule has 4 aromatic rings. The smallest absolute Gasteiger partial charge is 0.410 e. The number of hydrogen-bond donors (Lipinski definition) is 0. The van der Waals surface area contributed by atoms with Gasteiger partial charge >= 0.3 is 6.09 Å². The predicted octanol–water partition coefficient (Wildman–Crippen LogP) is 6.44. The summed E-state index contributed by atoms with van der Waals surface area (Å²) in [6.45, 7) is 16.9. The van der Waals surface area contributed by atoms with Crippen LogP contribution in [-0.2, 0) is 16.2 Å². The second-order valence-corrected chi connectivity index (χ2v) is 19.9. The zero-order valence-corrected chi connectivity index (χ0v) is 28.1. The maximum absolute atomic E-state index is 12.7. The average molecular weight is 628 g/mol. The van der Waals surface area contributed by atoms with Gasteiger partial charge in [-0.15, -0.1) is 0 Å². The van der Waals surface area contributed by atoms with Crippen LogP contribution in [0.4, 0.5) is 10.6 Å². The maximum atomic E-state index is 12.7. The molecule has 2 bridgehead atoms. The van der Waals surface area contributed by atoms with Crippen LogP contribution in [0.25, 0.3) is 33.6 Å². The van der Waals surface area contributed by atoms with Crippen LogP contribution in [0.2, 0.25) is 25.7 Å². The molecule has 3 aliphatic rings. The molecule has 3 fully saturated rings. The largest absolute Gasteiger partial charge is 0.444 e. The van der Waals surface area contributed by atoms with Gasteiger partial charge in [0.2, 0.25) is 0 Å². The summed E-state index contributed by atoms with van der Waals surface area (Å²) < 4.78 is 19.4. The van der Waals surface area contributed by atoms with Gasteiger partial charge in [-0.05, 0) is 58.4 Å². The predicted molar refractivity (Wildman–Crippen MR) is 174 cm³/mol. The lowest BCUT2D eigenvalue weighted by Gasteiger charge is -2.56. The van der Waals surface area contributed by atoms with Gasteiger partial charge in [0.05, 0.1) is 29.0 Å². The number of anilines is 1. The molecular weight excluding hydrogens is 586 g/mol. The maximum Gasteiger partial charge on any atom is 0.410 e. The first-order valence-corrected chi connectivity index (χ1v) is 19.2. The van der Waals surface area contributed by atoms with E-state index >= 15 is 0 Å². The number of piperazine rings is 1. The molecule has 2 atom stereocenters. The van der Waals surface area contributed by atoms with E-state index in [0.717, 1.165) is 46.2 Å². The number of ether oxygens (including phenoxy) is 2. The third-order valence-corrected chi connectivity index (χ3v) is 10.0. The van der Waals surface area contributed by atoms with E-state index < -0.39 is 13.7 Å². The molecule has 236 valence electrons. The van der Waals surface area contributed by atoms with Gasteiger partial charge in [-0.1, -0.05) is 24.8 Å². The molecule has 7 heterocycles. The molecule has 0 radical (unpaired) electrons. The second-order valence-electron chi connectivity index (χ2n) is 14.3. The number of aryl methyl sites for hydroxylation is 1. The molecule has 0 spiro atoms. The summed E-state index contributed by atoms with van der Waals surface area (Å²) >= 11 is 0. The highest BCUT2D eigenvalue weighted by atomic mass is 28.3. The van der Waals surface area contributed by atoms with Crippen LogP contribution in [0.15, 0.2) is 41.2 Å². The van der Waals surface area contributed by atoms with E-state index in [1.165, 1.54) is 0 Å². The van der Waals surface area contributed by atoms with Gasteiger partial charge in [-0.3, -0.25) is 9.47 Å². The molecule has 4 aromatic heterocycles. The number of pyridine rings is 2. The first-order valence-electron chi connectivity index (χ1n) is 15.5. The summed E-state index contributed by atoms with van der Waals surface area (Å²) in [6.07, 6.45) is 4.16. The minimum atomic E-state index is -1.26. The fourth-order valence-corrected chi connectivity index (χ4v) is 6.83. The van der Waals surface area contributed by atoms with Gasteiger partial charge in [0.15, 0.2) is 5.76 Å². The second kappa shape index (κ2) is 11.6. The third-order valence-electron chi connectivity index (χ3n) is 8.30. The molecule has 7 rings (SSSR count). The molecule has 11 nitrogen and oxygen atoms in total. The van der Waals surface area contributed by atoms with Gasteiger partial charge in [0.25, 0.3) is 0 Å². The lowest BCUT2D eigenvalue weighted by Crippen LogP contribution is -2.70. The number of nitrogens with zero attached hydrogens (tertiary/aromatic N) is 7. The van der Waals surface area contributed by atoms with Crippen LogP contribution >= 0.6 is 0 Å². The van der Waals surface area contributed by atoms with Crippen molar-refractivity contribution in [3.63, 3.8) is 0 Å². The molecule has 0 N–H and O–H groups in total. The zero-order chi connectivity index (χ0) is 32.1. The number of hydrogen-bond acceptors (Lipinski definition) is 9. The van der Waals surface area contributed by atoms with Gasteiger partial charge in [-0.25, -0.2) is 14.8 Å². The van der Waals surface area contributed by atoms with Crippen molar-refractivity contribution < 1.29 is 18.8 Å². The third kappa shape index (κ3) is 6.32. The van der Waals surface area contributed by atoms with E-state index in [-0.39, 0.29) is 18.2 Å². The van der Waals surface area contributed by atoms with Crippen LogP contribution in [0.3, 0.4) is 0 Å². The topological polar surface area (TPSA) is 123 Å². The average Bonchev–Trinajstić information content (AvgIpc) is 3.56. The van der Waals surface area contributed by atoms with Gasteiger partial charge < -0.3 is 18.9 Å². The molecule has 3 aliphatic heterocycles. The van der Waals surface area contributed by atoms with Crippen LogP contribution in [0, 0.1) is 18.3 Å². The first kappa shape index (κ1) is 30.8. The van der Waals surface area contributed by atoms with E-state index in [4.69, 9.17) is 24.0 Å². The molecule has 0 saturated carbocycles. The Balaban J connectivity index is 1.29. The van der Waals surface area contributed by atoms with Crippen LogP contribution in [0.5, 0.6) is 0 Å². The van der Waals surface area contributed by atoms with E-state index in [9.17, 15) is 10.1 Å². The van der Waals surface area contributed by atoms with Crippen molar-refractivity contribution in [3.05, 3.63) is 47.9 Å². The number of amides is 1. The Bertz CT molecular complexity index is 1750. The first-order chi connectivity index (χ1) is 21.3. The van der Waals surface area contributed by atoms with Crippen molar-refractivity contribution in [1.29, 1.82) is 5.26 Å². The fraction of sp³-hybridized carbons (Fsp3) is 0.485. The highest BCUT2D eigenvalue weighted by Crippen LogP contribution is 2.38. The number of nitriles is 1. The summed E-state index contributed by atoms with van der Waals surface area (Å²) in [5.74, 6) is 1.45. The fourth-order valence-electron chi connectivity index (χ4n) is 6.08. The summed E-state index contributed by atoms with van der Waals surface area (Å²) in [5.41, 5.74) is 3.78. The number of fused-ring (bicyclic) bond motifs is 3. The van der Waals surface area contributed by atoms with Crippen molar-refractivity contribution in [3.8, 4) is 28.7 Å². The standard InChI is InChI=1S/C33H41N7O4Si/c1-21-12-28(44-37-21)27-14-26-30(23(15-34)17-36-31(26)39(27)20-42-10-11-45(5,6)7)22-8-9-29(35-16-22)38-18-24-13-25(19-38)40(24)32(41)43-33(2,3)4/h8-9,12,14,16-17,24-25H,10-11,13,18-20H2,1-7H3. The van der Waals surface area contributed by atoms with E-state index in [1.54, 1.807) is 6.20 Å². The number of rotatable bonds is 8. The van der Waals surface area contributed by atoms with E-state index in [2.05, 4.69) is 35.8 Å². The molecule has 0 aliphatic carbocycles. The number of carbonyl (C=O) groups excluding carboxylic acids is 1. The monoisotopic (exact) mass is 627 g/mol. The van der Waals surface area contributed by atoms with Crippen molar-refractivity contribution in [1.82, 2.24) is 24.6 Å². The normalized spacial score (nSPS) is 18.2. The minimum absolute atomic E-state index is 0.107. The van der Waals surface area contributed by atoms with Crippen molar-refractivity contribution >= 4 is 31.0 Å². The zero-order valence-electron chi connectivity index (χ0n) is 27.1. The van der Waals surface area contributed by atoms with Gasteiger partial charge in [0, 0.05) is 62.7 Å². The SMILES string of the molecule is Cc1cc(-c2cc3c(-c4ccc(N5CC6CC(C5)N6C(=O)OC(C)(C)C)nc4)c(C#N)cnc3n2COCC[Si](C)(C)C)on1. The summed E-state index contributed by atoms with van der Waals surface area (Å²) in [7, 11) is -1.26. The summed E-state index contributed by atoms with van der Waals surface area (Å²) in [5, 5.41) is 15.0. The summed E-state index contributed by atoms with van der Waals surface area (Å²) in [4.78, 5) is 26.3. The summed E-state index contributed by atoms with van der Waals surface area (Å²) in [6, 6.07) is 11.5. The molecule has 3 saturated heterocycles. The van der Waals surface area contributed by atoms with Crippen molar-refractivity contribution in [2.45, 2.75) is 84.2 Å². The van der Waals surface area contributed by atoms with E-state index in [0.29, 0.717) is 43.4 Å². The molecule has 45 heavy (non-hydrogen) atoms. The van der Waals surface area contributed by atoms with Crippen LogP contribution in [0.1, 0.15) is 38.4 Å². The van der Waals surface area contributed by atoms with Gasteiger partial charge in [0.1, 0.15) is 29.9 Å². The quantitative estimate of drug-likeness (QED) is 0.160. The van der Waals surface area contributed by atoms with Crippen molar-refractivity contribution in [2.24, 2.45) is 0 Å². The highest BCUT2D eigenvalue weighted by molar-refractivity contribution is 6.76. The Labute approximate surface area is 264 Å². The Morgan fingerprint density at radius 1 is 1.13 bits per heavy atom. The number of piperidine rings is 1. The molecule has 12 heteroatoms. The minimum Gasteiger partial charge on any atom is -0.444 e. The Kier molecular flexibility index (Phi) is 7.95. The van der Waals surface area contributed by atoms with Crippen LogP contribution in [-0.4, -0.2) is 76.1 Å². The molecule has 0 aromatic carbocycles. The lowest BCUT2D eigenvalue weighted by molar-refractivity contribution is -0.0380. The molecular formula is C33H41N7O4Si. The van der Waals surface area contributed by atoms with E-state index in [1.807, 2.05) is 67.6 Å². The van der Waals surface area contributed by atoms with Crippen molar-refractivity contribution in [2.75, 3.05) is 24.6 Å². The number of aromatic nitrogens is 4. The lowest BCUT2D eigenvalue weighted by atomic mass is 9.88.